The van der Waals surface area contributed by atoms with Gasteiger partial charge in [0.25, 0.3) is 0 Å². The second kappa shape index (κ2) is 16.7. The van der Waals surface area contributed by atoms with E-state index in [0.29, 0.717) is 25.3 Å². The number of aromatic nitrogens is 4. The second-order valence-corrected chi connectivity index (χ2v) is 14.3. The molecule has 0 spiro atoms. The lowest BCUT2D eigenvalue weighted by Crippen LogP contribution is -2.47. The smallest absolute Gasteiger partial charge is 0.405 e. The molecule has 0 radical (unpaired) electrons. The predicted octanol–water partition coefficient (Wildman–Crippen LogP) is 7.59. The van der Waals surface area contributed by atoms with Gasteiger partial charge in [0.05, 0.1) is 35.9 Å². The first-order valence-corrected chi connectivity index (χ1v) is 19.5. The Balaban J connectivity index is 1.02. The predicted molar refractivity (Wildman–Crippen MR) is 212 cm³/mol. The van der Waals surface area contributed by atoms with Crippen LogP contribution in [-0.2, 0) is 9.59 Å². The summed E-state index contributed by atoms with van der Waals surface area (Å²) in [6.45, 7) is 8.87. The molecule has 0 aliphatic carbocycles. The molecular formula is C43H50N8O4. The highest BCUT2D eigenvalue weighted by Gasteiger charge is 2.38. The van der Waals surface area contributed by atoms with Crippen molar-refractivity contribution in [2.45, 2.75) is 77.0 Å². The molecule has 3 aromatic carbocycles. The van der Waals surface area contributed by atoms with Crippen LogP contribution in [0.15, 0.2) is 91.3 Å². The van der Waals surface area contributed by atoms with Crippen molar-refractivity contribution in [2.24, 2.45) is 0 Å². The zero-order chi connectivity index (χ0) is 38.5. The maximum atomic E-state index is 14.2. The van der Waals surface area contributed by atoms with E-state index in [9.17, 15) is 19.5 Å². The van der Waals surface area contributed by atoms with Gasteiger partial charge in [-0.1, -0.05) is 99.6 Å². The normalized spacial score (nSPS) is 18.1. The maximum absolute atomic E-state index is 14.2. The van der Waals surface area contributed by atoms with Gasteiger partial charge in [-0.15, -0.1) is 0 Å². The van der Waals surface area contributed by atoms with E-state index in [2.05, 4.69) is 99.7 Å². The van der Waals surface area contributed by atoms with Crippen LogP contribution in [0.3, 0.4) is 0 Å². The molecule has 4 N–H and O–H groups in total. The standard InChI is InChI=1S/C43H50N8O4/c1-4-33(48-43(54)55)41(52)50-24-10-14-36(50)39-44-26-34(46-39)30-20-16-28(17-21-30)29-18-22-31(23-19-29)35-27-45-40(47-35)37-15-11-25-51(37)42(53)38(49(5-2)6-3)32-12-8-7-9-13-32/h7-9,12-13,16-23,26-27,33,36-38,48H,4-6,10-11,14-15,24-25H2,1-3H3,(H,44,46)(H,45,47)(H,54,55)/t33-,36-,37-,38+/m0/s1. The number of nitrogens with zero attached hydrogens (tertiary/aromatic N) is 5. The van der Waals surface area contributed by atoms with E-state index in [1.165, 1.54) is 0 Å². The maximum Gasteiger partial charge on any atom is 0.405 e. The van der Waals surface area contributed by atoms with Crippen LogP contribution in [0.5, 0.6) is 0 Å². The van der Waals surface area contributed by atoms with E-state index in [1.54, 1.807) is 18.0 Å². The Morgan fingerprint density at radius 2 is 1.20 bits per heavy atom. The Labute approximate surface area is 322 Å². The number of carbonyl (C=O) groups excluding carboxylic acids is 2. The highest BCUT2D eigenvalue weighted by molar-refractivity contribution is 5.86. The fourth-order valence-electron chi connectivity index (χ4n) is 8.20. The van der Waals surface area contributed by atoms with Gasteiger partial charge >= 0.3 is 6.09 Å². The van der Waals surface area contributed by atoms with Gasteiger partial charge in [-0.2, -0.15) is 0 Å². The van der Waals surface area contributed by atoms with E-state index in [1.807, 2.05) is 29.3 Å². The number of amides is 3. The molecule has 2 saturated heterocycles. The second-order valence-electron chi connectivity index (χ2n) is 14.3. The molecule has 12 heteroatoms. The number of likely N-dealkylation sites (N-methyl/N-ethyl adjacent to an activating group) is 1. The zero-order valence-electron chi connectivity index (χ0n) is 31.7. The molecule has 0 bridgehead atoms. The summed E-state index contributed by atoms with van der Waals surface area (Å²) in [5, 5.41) is 11.5. The lowest BCUT2D eigenvalue weighted by Gasteiger charge is -2.34. The largest absolute Gasteiger partial charge is 0.465 e. The molecule has 3 amide bonds. The molecule has 4 heterocycles. The average Bonchev–Trinajstić information content (AvgIpc) is 4.06. The van der Waals surface area contributed by atoms with Gasteiger partial charge in [-0.05, 0) is 73.0 Å². The van der Waals surface area contributed by atoms with Crippen molar-refractivity contribution in [3.63, 3.8) is 0 Å². The summed E-state index contributed by atoms with van der Waals surface area (Å²) in [6.07, 6.45) is 6.25. The molecule has 0 saturated carbocycles. The van der Waals surface area contributed by atoms with Crippen LogP contribution in [0.1, 0.15) is 88.2 Å². The van der Waals surface area contributed by atoms with Crippen molar-refractivity contribution in [3.05, 3.63) is 108 Å². The van der Waals surface area contributed by atoms with Crippen LogP contribution in [0.25, 0.3) is 33.6 Å². The summed E-state index contributed by atoms with van der Waals surface area (Å²) >= 11 is 0. The Morgan fingerprint density at radius 1 is 0.727 bits per heavy atom. The first-order valence-electron chi connectivity index (χ1n) is 19.5. The molecule has 286 valence electrons. The first kappa shape index (κ1) is 37.6. The molecule has 2 aromatic heterocycles. The van der Waals surface area contributed by atoms with Crippen molar-refractivity contribution in [3.8, 4) is 33.6 Å². The van der Waals surface area contributed by atoms with Crippen LogP contribution in [-0.4, -0.2) is 89.9 Å². The van der Waals surface area contributed by atoms with Crippen molar-refractivity contribution >= 4 is 17.9 Å². The third kappa shape index (κ3) is 7.91. The van der Waals surface area contributed by atoms with Gasteiger partial charge in [0.2, 0.25) is 11.8 Å². The van der Waals surface area contributed by atoms with Crippen LogP contribution < -0.4 is 5.32 Å². The summed E-state index contributed by atoms with van der Waals surface area (Å²) in [5.74, 6) is 1.44. The van der Waals surface area contributed by atoms with Gasteiger partial charge in [-0.25, -0.2) is 14.8 Å². The fourth-order valence-corrected chi connectivity index (χ4v) is 8.20. The van der Waals surface area contributed by atoms with Gasteiger partial charge < -0.3 is 30.2 Å². The van der Waals surface area contributed by atoms with Gasteiger partial charge in [0, 0.05) is 13.1 Å². The first-order chi connectivity index (χ1) is 26.8. The van der Waals surface area contributed by atoms with Crippen molar-refractivity contribution in [2.75, 3.05) is 26.2 Å². The molecular weight excluding hydrogens is 693 g/mol. The third-order valence-corrected chi connectivity index (χ3v) is 11.1. The Hall–Kier alpha value is -5.75. The summed E-state index contributed by atoms with van der Waals surface area (Å²) in [6, 6.07) is 25.3. The summed E-state index contributed by atoms with van der Waals surface area (Å²) in [7, 11) is 0. The summed E-state index contributed by atoms with van der Waals surface area (Å²) in [5.41, 5.74) is 6.95. The third-order valence-electron chi connectivity index (χ3n) is 11.1. The van der Waals surface area contributed by atoms with Gasteiger partial charge in [0.1, 0.15) is 23.7 Å². The number of imidazole rings is 2. The lowest BCUT2D eigenvalue weighted by atomic mass is 10.0. The minimum Gasteiger partial charge on any atom is -0.465 e. The number of rotatable bonds is 13. The quantitative estimate of drug-likeness (QED) is 0.0971. The molecule has 2 aliphatic heterocycles. The van der Waals surface area contributed by atoms with Crippen LogP contribution in [0.2, 0.25) is 0 Å². The van der Waals surface area contributed by atoms with E-state index >= 15 is 0 Å². The average molecular weight is 743 g/mol. The number of H-pyrrole nitrogens is 2. The topological polar surface area (TPSA) is 151 Å². The fraction of sp³-hybridized carbons (Fsp3) is 0.372. The number of aromatic amines is 2. The van der Waals surface area contributed by atoms with Gasteiger partial charge in [-0.3, -0.25) is 14.5 Å². The van der Waals surface area contributed by atoms with Gasteiger partial charge in [0.15, 0.2) is 0 Å². The Morgan fingerprint density at radius 3 is 1.65 bits per heavy atom. The molecule has 0 unspecified atom stereocenters. The van der Waals surface area contributed by atoms with Crippen molar-refractivity contribution < 1.29 is 19.5 Å². The molecule has 2 aliphatic rings. The van der Waals surface area contributed by atoms with E-state index in [0.717, 1.165) is 83.8 Å². The molecule has 7 rings (SSSR count). The Kier molecular flexibility index (Phi) is 11.4. The number of nitrogens with one attached hydrogen (secondary N) is 3. The number of hydrogen-bond acceptors (Lipinski definition) is 6. The van der Waals surface area contributed by atoms with Crippen LogP contribution >= 0.6 is 0 Å². The van der Waals surface area contributed by atoms with E-state index in [-0.39, 0.29) is 29.9 Å². The lowest BCUT2D eigenvalue weighted by molar-refractivity contribution is -0.138. The van der Waals surface area contributed by atoms with E-state index in [4.69, 9.17) is 4.98 Å². The molecule has 5 aromatic rings. The number of hydrogen-bond donors (Lipinski definition) is 4. The minimum atomic E-state index is -1.20. The number of carbonyl (C=O) groups is 3. The molecule has 55 heavy (non-hydrogen) atoms. The number of likely N-dealkylation sites (tertiary alicyclic amines) is 2. The highest BCUT2D eigenvalue weighted by Crippen LogP contribution is 2.36. The number of benzene rings is 3. The van der Waals surface area contributed by atoms with E-state index < -0.39 is 12.1 Å². The van der Waals surface area contributed by atoms with Crippen molar-refractivity contribution in [1.82, 2.24) is 40.0 Å². The Bertz CT molecular complexity index is 2070. The SMILES string of the molecule is CC[C@H](NC(=O)O)C(=O)N1CCC[C@H]1c1ncc(-c2ccc(-c3ccc(-c4cnc([C@@H]5CCCN5C(=O)[C@@H](c5ccccc5)N(CC)CC)[nH]4)cc3)cc2)[nH]1. The van der Waals surface area contributed by atoms with Crippen molar-refractivity contribution in [1.29, 1.82) is 0 Å². The number of carboxylic acid groups (broad SMARTS) is 1. The summed E-state index contributed by atoms with van der Waals surface area (Å²) < 4.78 is 0. The zero-order valence-corrected chi connectivity index (χ0v) is 31.7. The van der Waals surface area contributed by atoms with Crippen LogP contribution in [0, 0.1) is 0 Å². The minimum absolute atomic E-state index is 0.0964. The molecule has 12 nitrogen and oxygen atoms in total. The molecule has 4 atom stereocenters. The van der Waals surface area contributed by atoms with Crippen LogP contribution in [0.4, 0.5) is 4.79 Å². The highest BCUT2D eigenvalue weighted by atomic mass is 16.4. The summed E-state index contributed by atoms with van der Waals surface area (Å²) in [4.78, 5) is 61.0. The monoisotopic (exact) mass is 742 g/mol. The molecule has 2 fully saturated rings.